The summed E-state index contributed by atoms with van der Waals surface area (Å²) in [5.74, 6) is 0. The van der Waals surface area contributed by atoms with E-state index in [1.54, 1.807) is 0 Å². The quantitative estimate of drug-likeness (QED) is 0.878. The molecule has 1 aliphatic rings. The van der Waals surface area contributed by atoms with Crippen molar-refractivity contribution in [1.82, 2.24) is 10.2 Å². The summed E-state index contributed by atoms with van der Waals surface area (Å²) >= 11 is 0. The SMILES string of the molecule is CC(C)NCc1cccc(CN2CCCC(C)(C)C2)c1. The Balaban J connectivity index is 1.93. The van der Waals surface area contributed by atoms with Crippen LogP contribution in [0, 0.1) is 5.41 Å². The van der Waals surface area contributed by atoms with Crippen LogP contribution in [-0.2, 0) is 13.1 Å². The van der Waals surface area contributed by atoms with Crippen molar-refractivity contribution in [3.63, 3.8) is 0 Å². The van der Waals surface area contributed by atoms with E-state index in [0.717, 1.165) is 13.1 Å². The van der Waals surface area contributed by atoms with E-state index >= 15 is 0 Å². The van der Waals surface area contributed by atoms with E-state index < -0.39 is 0 Å². The topological polar surface area (TPSA) is 15.3 Å². The van der Waals surface area contributed by atoms with Crippen molar-refractivity contribution in [3.8, 4) is 0 Å². The highest BCUT2D eigenvalue weighted by Gasteiger charge is 2.26. The molecule has 1 aromatic carbocycles. The zero-order chi connectivity index (χ0) is 14.6. The number of likely N-dealkylation sites (tertiary alicyclic amines) is 1. The summed E-state index contributed by atoms with van der Waals surface area (Å²) < 4.78 is 0. The van der Waals surface area contributed by atoms with Crippen LogP contribution in [0.1, 0.15) is 51.7 Å². The third-order valence-electron chi connectivity index (χ3n) is 4.09. The summed E-state index contributed by atoms with van der Waals surface area (Å²) in [4.78, 5) is 2.61. The van der Waals surface area contributed by atoms with Gasteiger partial charge >= 0.3 is 0 Å². The fourth-order valence-corrected chi connectivity index (χ4v) is 3.10. The fourth-order valence-electron chi connectivity index (χ4n) is 3.10. The van der Waals surface area contributed by atoms with Crippen molar-refractivity contribution in [1.29, 1.82) is 0 Å². The molecule has 2 nitrogen and oxygen atoms in total. The molecule has 0 aliphatic carbocycles. The Kier molecular flexibility index (Phi) is 5.22. The van der Waals surface area contributed by atoms with Gasteiger partial charge in [-0.3, -0.25) is 4.90 Å². The lowest BCUT2D eigenvalue weighted by molar-refractivity contribution is 0.111. The molecule has 1 saturated heterocycles. The van der Waals surface area contributed by atoms with Crippen LogP contribution in [0.2, 0.25) is 0 Å². The van der Waals surface area contributed by atoms with E-state index in [1.807, 2.05) is 0 Å². The van der Waals surface area contributed by atoms with Gasteiger partial charge in [0.2, 0.25) is 0 Å². The number of rotatable bonds is 5. The first kappa shape index (κ1) is 15.5. The van der Waals surface area contributed by atoms with Gasteiger partial charge < -0.3 is 5.32 Å². The highest BCUT2D eigenvalue weighted by atomic mass is 15.1. The molecule has 1 heterocycles. The van der Waals surface area contributed by atoms with E-state index in [-0.39, 0.29) is 0 Å². The molecule has 0 unspecified atom stereocenters. The monoisotopic (exact) mass is 274 g/mol. The zero-order valence-corrected chi connectivity index (χ0v) is 13.6. The molecule has 2 rings (SSSR count). The van der Waals surface area contributed by atoms with Crippen LogP contribution in [0.4, 0.5) is 0 Å². The molecule has 20 heavy (non-hydrogen) atoms. The molecule has 1 fully saturated rings. The molecule has 112 valence electrons. The van der Waals surface area contributed by atoms with Crippen LogP contribution < -0.4 is 5.32 Å². The number of benzene rings is 1. The van der Waals surface area contributed by atoms with Crippen molar-refractivity contribution in [2.45, 2.75) is 59.7 Å². The summed E-state index contributed by atoms with van der Waals surface area (Å²) in [6.45, 7) is 13.7. The Morgan fingerprint density at radius 2 is 2.00 bits per heavy atom. The molecule has 1 aromatic rings. The van der Waals surface area contributed by atoms with Gasteiger partial charge in [-0.15, -0.1) is 0 Å². The second kappa shape index (κ2) is 6.73. The highest BCUT2D eigenvalue weighted by molar-refractivity contribution is 5.23. The number of hydrogen-bond donors (Lipinski definition) is 1. The molecule has 1 aliphatic heterocycles. The first-order chi connectivity index (χ1) is 9.44. The first-order valence-electron chi connectivity index (χ1n) is 7.98. The van der Waals surface area contributed by atoms with E-state index in [1.165, 1.54) is 37.1 Å². The summed E-state index contributed by atoms with van der Waals surface area (Å²) in [7, 11) is 0. The van der Waals surface area contributed by atoms with Gasteiger partial charge in [0, 0.05) is 25.7 Å². The third-order valence-corrected chi connectivity index (χ3v) is 4.09. The molecule has 0 saturated carbocycles. The maximum absolute atomic E-state index is 3.49. The number of nitrogens with one attached hydrogen (secondary N) is 1. The lowest BCUT2D eigenvalue weighted by Crippen LogP contribution is -2.39. The normalized spacial score (nSPS) is 19.4. The Bertz CT molecular complexity index is 423. The van der Waals surface area contributed by atoms with Gasteiger partial charge in [0.25, 0.3) is 0 Å². The van der Waals surface area contributed by atoms with Crippen molar-refractivity contribution in [2.24, 2.45) is 5.41 Å². The molecule has 0 amide bonds. The van der Waals surface area contributed by atoms with Gasteiger partial charge in [0.05, 0.1) is 0 Å². The third kappa shape index (κ3) is 4.92. The zero-order valence-electron chi connectivity index (χ0n) is 13.6. The summed E-state index contributed by atoms with van der Waals surface area (Å²) in [6, 6.07) is 9.58. The Hall–Kier alpha value is -0.860. The van der Waals surface area contributed by atoms with Gasteiger partial charge in [-0.25, -0.2) is 0 Å². The molecular weight excluding hydrogens is 244 g/mol. The maximum Gasteiger partial charge on any atom is 0.0234 e. The van der Waals surface area contributed by atoms with Gasteiger partial charge in [0.15, 0.2) is 0 Å². The van der Waals surface area contributed by atoms with Crippen molar-refractivity contribution >= 4 is 0 Å². The molecule has 2 heteroatoms. The minimum absolute atomic E-state index is 0.481. The van der Waals surface area contributed by atoms with Crippen molar-refractivity contribution in [2.75, 3.05) is 13.1 Å². The molecule has 0 aromatic heterocycles. The van der Waals surface area contributed by atoms with E-state index in [2.05, 4.69) is 62.2 Å². The Morgan fingerprint density at radius 1 is 1.25 bits per heavy atom. The predicted molar refractivity (Wildman–Crippen MR) is 86.7 cm³/mol. The van der Waals surface area contributed by atoms with E-state index in [0.29, 0.717) is 11.5 Å². The molecule has 0 atom stereocenters. The van der Waals surface area contributed by atoms with Crippen LogP contribution in [0.3, 0.4) is 0 Å². The van der Waals surface area contributed by atoms with Gasteiger partial charge in [-0.2, -0.15) is 0 Å². The maximum atomic E-state index is 3.49. The minimum atomic E-state index is 0.481. The Labute approximate surface area is 124 Å². The van der Waals surface area contributed by atoms with Gasteiger partial charge in [-0.05, 0) is 35.9 Å². The lowest BCUT2D eigenvalue weighted by atomic mass is 9.84. The smallest absolute Gasteiger partial charge is 0.0234 e. The van der Waals surface area contributed by atoms with Gasteiger partial charge in [-0.1, -0.05) is 52.0 Å². The predicted octanol–water partition coefficient (Wildman–Crippen LogP) is 3.81. The fraction of sp³-hybridized carbons (Fsp3) is 0.667. The standard InChI is InChI=1S/C18H30N2/c1-15(2)19-12-16-7-5-8-17(11-16)13-20-10-6-9-18(3,4)14-20/h5,7-8,11,15,19H,6,9-10,12-14H2,1-4H3. The molecule has 1 N–H and O–H groups in total. The van der Waals surface area contributed by atoms with Crippen LogP contribution in [-0.4, -0.2) is 24.0 Å². The summed E-state index contributed by atoms with van der Waals surface area (Å²) in [6.07, 6.45) is 2.70. The van der Waals surface area contributed by atoms with Crippen LogP contribution in [0.15, 0.2) is 24.3 Å². The van der Waals surface area contributed by atoms with E-state index in [4.69, 9.17) is 0 Å². The second-order valence-electron chi connectivity index (χ2n) is 7.33. The highest BCUT2D eigenvalue weighted by Crippen LogP contribution is 2.29. The number of piperidine rings is 1. The lowest BCUT2D eigenvalue weighted by Gasteiger charge is -2.38. The second-order valence-corrected chi connectivity index (χ2v) is 7.33. The first-order valence-corrected chi connectivity index (χ1v) is 7.98. The number of hydrogen-bond acceptors (Lipinski definition) is 2. The van der Waals surface area contributed by atoms with Crippen LogP contribution in [0.25, 0.3) is 0 Å². The summed E-state index contributed by atoms with van der Waals surface area (Å²) in [5, 5.41) is 3.49. The minimum Gasteiger partial charge on any atom is -0.310 e. The van der Waals surface area contributed by atoms with Gasteiger partial charge in [0.1, 0.15) is 0 Å². The average Bonchev–Trinajstić information content (AvgIpc) is 2.35. The van der Waals surface area contributed by atoms with Crippen molar-refractivity contribution < 1.29 is 0 Å². The molecule has 0 bridgehead atoms. The van der Waals surface area contributed by atoms with Crippen molar-refractivity contribution in [3.05, 3.63) is 35.4 Å². The van der Waals surface area contributed by atoms with E-state index in [9.17, 15) is 0 Å². The Morgan fingerprint density at radius 3 is 2.70 bits per heavy atom. The molecule has 0 spiro atoms. The summed E-state index contributed by atoms with van der Waals surface area (Å²) in [5.41, 5.74) is 3.33. The largest absolute Gasteiger partial charge is 0.310 e. The molecular formula is C18H30N2. The average molecular weight is 274 g/mol. The molecule has 0 radical (unpaired) electrons. The van der Waals surface area contributed by atoms with Crippen LogP contribution >= 0.6 is 0 Å². The number of nitrogens with zero attached hydrogens (tertiary/aromatic N) is 1. The van der Waals surface area contributed by atoms with Crippen LogP contribution in [0.5, 0.6) is 0 Å².